The van der Waals surface area contributed by atoms with Crippen LogP contribution in [0, 0.1) is 5.82 Å². The highest BCUT2D eigenvalue weighted by atomic mass is 32.2. The zero-order valence-electron chi connectivity index (χ0n) is 14.8. The van der Waals surface area contributed by atoms with Crippen molar-refractivity contribution >= 4 is 24.1 Å². The molecule has 0 aromatic heterocycles. The van der Waals surface area contributed by atoms with Crippen LogP contribution in [0.3, 0.4) is 0 Å². The summed E-state index contributed by atoms with van der Waals surface area (Å²) in [7, 11) is 0. The van der Waals surface area contributed by atoms with E-state index < -0.39 is 0 Å². The second kappa shape index (κ2) is 9.97. The van der Waals surface area contributed by atoms with Crippen LogP contribution in [-0.4, -0.2) is 30.4 Å². The fraction of sp³-hybridized carbons (Fsp3) is 0.300. The topological polar surface area (TPSA) is 55.4 Å². The number of nitrogens with one attached hydrogen (secondary N) is 1. The highest BCUT2D eigenvalue weighted by molar-refractivity contribution is 7.99. The Kier molecular flexibility index (Phi) is 7.66. The molecule has 0 bridgehead atoms. The molecule has 26 heavy (non-hydrogen) atoms. The van der Waals surface area contributed by atoms with E-state index in [4.69, 9.17) is 4.74 Å². The van der Waals surface area contributed by atoms with Crippen LogP contribution in [0.15, 0.2) is 48.5 Å². The Morgan fingerprint density at radius 1 is 1.19 bits per heavy atom. The van der Waals surface area contributed by atoms with Crippen LogP contribution in [-0.2, 0) is 16.0 Å². The highest BCUT2D eigenvalue weighted by Crippen LogP contribution is 2.20. The summed E-state index contributed by atoms with van der Waals surface area (Å²) >= 11 is 1.40. The quantitative estimate of drug-likeness (QED) is 0.681. The molecule has 0 radical (unpaired) electrons. The first kappa shape index (κ1) is 20.0. The van der Waals surface area contributed by atoms with Gasteiger partial charge in [-0.05, 0) is 48.1 Å². The van der Waals surface area contributed by atoms with Crippen molar-refractivity contribution in [3.8, 4) is 5.75 Å². The molecule has 0 aliphatic heterocycles. The molecule has 2 unspecified atom stereocenters. The van der Waals surface area contributed by atoms with Crippen molar-refractivity contribution < 1.29 is 18.7 Å². The Morgan fingerprint density at radius 3 is 2.42 bits per heavy atom. The molecule has 0 spiro atoms. The third-order valence-electron chi connectivity index (χ3n) is 4.06. The molecular weight excluding hydrogens is 353 g/mol. The van der Waals surface area contributed by atoms with Crippen LogP contribution >= 0.6 is 11.8 Å². The summed E-state index contributed by atoms with van der Waals surface area (Å²) in [6, 6.07) is 14.0. The van der Waals surface area contributed by atoms with Gasteiger partial charge in [-0.2, -0.15) is 11.8 Å². The minimum atomic E-state index is -0.314. The largest absolute Gasteiger partial charge is 0.493 e. The first-order valence-corrected chi connectivity index (χ1v) is 9.56. The van der Waals surface area contributed by atoms with Gasteiger partial charge in [0.25, 0.3) is 0 Å². The maximum atomic E-state index is 13.0. The number of amides is 2. The molecule has 4 nitrogen and oxygen atoms in total. The van der Waals surface area contributed by atoms with E-state index in [0.29, 0.717) is 19.4 Å². The molecule has 0 fully saturated rings. The second-order valence-electron chi connectivity index (χ2n) is 5.96. The lowest BCUT2D eigenvalue weighted by molar-refractivity contribution is -0.124. The van der Waals surface area contributed by atoms with Crippen molar-refractivity contribution in [2.45, 2.75) is 24.5 Å². The Bertz CT molecular complexity index is 719. The molecule has 0 heterocycles. The fourth-order valence-electron chi connectivity index (χ4n) is 2.48. The van der Waals surface area contributed by atoms with Crippen molar-refractivity contribution in [2.24, 2.45) is 0 Å². The predicted molar refractivity (Wildman–Crippen MR) is 102 cm³/mol. The van der Waals surface area contributed by atoms with Gasteiger partial charge in [-0.15, -0.1) is 0 Å². The number of halogens is 1. The Balaban J connectivity index is 1.89. The maximum Gasteiger partial charge on any atom is 0.239 e. The van der Waals surface area contributed by atoms with E-state index in [2.05, 4.69) is 5.32 Å². The van der Waals surface area contributed by atoms with E-state index in [9.17, 15) is 14.0 Å². The number of hydrogen-bond donors (Lipinski definition) is 1. The van der Waals surface area contributed by atoms with E-state index in [1.165, 1.54) is 23.9 Å². The monoisotopic (exact) mass is 375 g/mol. The number of benzene rings is 2. The molecule has 0 saturated carbocycles. The van der Waals surface area contributed by atoms with E-state index >= 15 is 0 Å². The van der Waals surface area contributed by atoms with Crippen LogP contribution in [0.1, 0.15) is 24.0 Å². The smallest absolute Gasteiger partial charge is 0.239 e. The SMILES string of the molecule is CSC(Cc1ccc(OCC(C)c2ccc(F)cc2)cc1)C(=O)NC=O. The molecule has 0 aliphatic carbocycles. The molecule has 0 aliphatic rings. The molecule has 2 aromatic rings. The van der Waals surface area contributed by atoms with Gasteiger partial charge in [-0.3, -0.25) is 14.9 Å². The van der Waals surface area contributed by atoms with Gasteiger partial charge in [-0.1, -0.05) is 31.2 Å². The van der Waals surface area contributed by atoms with E-state index in [0.717, 1.165) is 16.9 Å². The number of imide groups is 1. The predicted octanol–water partition coefficient (Wildman–Crippen LogP) is 3.55. The molecule has 2 rings (SSSR count). The first-order chi connectivity index (χ1) is 12.5. The van der Waals surface area contributed by atoms with Crippen LogP contribution in [0.4, 0.5) is 4.39 Å². The molecule has 138 valence electrons. The van der Waals surface area contributed by atoms with Gasteiger partial charge in [0.05, 0.1) is 11.9 Å². The van der Waals surface area contributed by atoms with Crippen molar-refractivity contribution in [1.29, 1.82) is 0 Å². The van der Waals surface area contributed by atoms with Gasteiger partial charge in [-0.25, -0.2) is 4.39 Å². The molecule has 2 amide bonds. The molecule has 2 atom stereocenters. The zero-order valence-corrected chi connectivity index (χ0v) is 15.6. The average molecular weight is 375 g/mol. The normalized spacial score (nSPS) is 12.9. The van der Waals surface area contributed by atoms with Gasteiger partial charge in [0.1, 0.15) is 11.6 Å². The van der Waals surface area contributed by atoms with Gasteiger partial charge in [0, 0.05) is 5.92 Å². The average Bonchev–Trinajstić information content (AvgIpc) is 2.65. The first-order valence-electron chi connectivity index (χ1n) is 8.27. The van der Waals surface area contributed by atoms with Crippen molar-refractivity contribution in [2.75, 3.05) is 12.9 Å². The van der Waals surface area contributed by atoms with Crippen molar-refractivity contribution in [3.05, 3.63) is 65.5 Å². The summed E-state index contributed by atoms with van der Waals surface area (Å²) in [5.74, 6) is 0.340. The minimum Gasteiger partial charge on any atom is -0.493 e. The van der Waals surface area contributed by atoms with Gasteiger partial charge < -0.3 is 4.74 Å². The zero-order chi connectivity index (χ0) is 18.9. The van der Waals surface area contributed by atoms with Crippen molar-refractivity contribution in [3.63, 3.8) is 0 Å². The Hall–Kier alpha value is -2.34. The molecule has 0 saturated heterocycles. The Morgan fingerprint density at radius 2 is 1.85 bits per heavy atom. The molecule has 2 aromatic carbocycles. The summed E-state index contributed by atoms with van der Waals surface area (Å²) in [4.78, 5) is 22.2. The number of carbonyl (C=O) groups excluding carboxylic acids is 2. The number of hydrogen-bond acceptors (Lipinski definition) is 4. The van der Waals surface area contributed by atoms with Crippen molar-refractivity contribution in [1.82, 2.24) is 5.32 Å². The highest BCUT2D eigenvalue weighted by Gasteiger charge is 2.17. The number of carbonyl (C=O) groups is 2. The third kappa shape index (κ3) is 5.88. The van der Waals surface area contributed by atoms with Crippen LogP contribution < -0.4 is 10.1 Å². The molecular formula is C20H22FNO3S. The summed E-state index contributed by atoms with van der Waals surface area (Å²) in [5, 5.41) is 1.88. The number of ether oxygens (including phenoxy) is 1. The van der Waals surface area contributed by atoms with Crippen LogP contribution in [0.25, 0.3) is 0 Å². The molecule has 1 N–H and O–H groups in total. The lowest BCUT2D eigenvalue weighted by atomic mass is 10.0. The lowest BCUT2D eigenvalue weighted by Gasteiger charge is -2.15. The minimum absolute atomic E-state index is 0.142. The summed E-state index contributed by atoms with van der Waals surface area (Å²) in [6.07, 6.45) is 2.78. The van der Waals surface area contributed by atoms with E-state index in [-0.39, 0.29) is 22.9 Å². The number of thioether (sulfide) groups is 1. The third-order valence-corrected chi connectivity index (χ3v) is 5.01. The molecule has 6 heteroatoms. The maximum absolute atomic E-state index is 13.0. The van der Waals surface area contributed by atoms with Crippen LogP contribution in [0.5, 0.6) is 5.75 Å². The fourth-order valence-corrected chi connectivity index (χ4v) is 3.12. The van der Waals surface area contributed by atoms with E-state index in [1.807, 2.05) is 37.4 Å². The standard InChI is InChI=1S/C20H22FNO3S/c1-14(16-5-7-17(21)8-6-16)12-25-18-9-3-15(4-10-18)11-19(26-2)20(24)22-13-23/h3-10,13-14,19H,11-12H2,1-2H3,(H,22,23,24). The summed E-state index contributed by atoms with van der Waals surface area (Å²) in [6.45, 7) is 2.51. The van der Waals surface area contributed by atoms with Gasteiger partial charge >= 0.3 is 0 Å². The summed E-state index contributed by atoms with van der Waals surface area (Å²) in [5.41, 5.74) is 2.01. The van der Waals surface area contributed by atoms with Gasteiger partial charge in [0.15, 0.2) is 0 Å². The Labute approximate surface area is 157 Å². The van der Waals surface area contributed by atoms with Gasteiger partial charge in [0.2, 0.25) is 12.3 Å². The second-order valence-corrected chi connectivity index (χ2v) is 7.00. The lowest BCUT2D eigenvalue weighted by Crippen LogP contribution is -2.32. The van der Waals surface area contributed by atoms with Crippen LogP contribution in [0.2, 0.25) is 0 Å². The van der Waals surface area contributed by atoms with E-state index in [1.54, 1.807) is 12.1 Å². The summed E-state index contributed by atoms with van der Waals surface area (Å²) < 4.78 is 18.8. The number of rotatable bonds is 9.